The molecule has 0 saturated heterocycles. The summed E-state index contributed by atoms with van der Waals surface area (Å²) in [7, 11) is 4.72. The molecule has 134 valence electrons. The molecule has 2 heterocycles. The van der Waals surface area contributed by atoms with Gasteiger partial charge in [-0.05, 0) is 29.3 Å². The molecule has 0 radical (unpaired) electrons. The van der Waals surface area contributed by atoms with Crippen molar-refractivity contribution in [1.29, 1.82) is 0 Å². The molecule has 4 rings (SSSR count). The van der Waals surface area contributed by atoms with Crippen molar-refractivity contribution in [3.05, 3.63) is 58.8 Å². The average molecular weight is 353 g/mol. The van der Waals surface area contributed by atoms with Crippen molar-refractivity contribution in [1.82, 2.24) is 0 Å². The fraction of sp³-hybridized carbons (Fsp3) is 0.250. The zero-order chi connectivity index (χ0) is 18.3. The standard InChI is InChI=1S/C20H19NO5/c1-23-15-8-11(9-16(24-2)19(15)25-3)17-12-6-4-5-7-13(12)21-14-10-26-20(22)18(14)17/h4-9,17,21H,10H2,1-3H3. The summed E-state index contributed by atoms with van der Waals surface area (Å²) < 4.78 is 21.7. The maximum absolute atomic E-state index is 12.4. The Morgan fingerprint density at radius 1 is 1.04 bits per heavy atom. The van der Waals surface area contributed by atoms with E-state index in [1.807, 2.05) is 36.4 Å². The molecule has 0 saturated carbocycles. The van der Waals surface area contributed by atoms with E-state index in [0.29, 0.717) is 22.8 Å². The van der Waals surface area contributed by atoms with Crippen LogP contribution in [0.1, 0.15) is 17.0 Å². The minimum Gasteiger partial charge on any atom is -0.493 e. The number of anilines is 1. The Labute approximate surface area is 151 Å². The molecule has 26 heavy (non-hydrogen) atoms. The van der Waals surface area contributed by atoms with Gasteiger partial charge in [-0.3, -0.25) is 0 Å². The molecule has 1 atom stereocenters. The van der Waals surface area contributed by atoms with Gasteiger partial charge in [0.1, 0.15) is 6.61 Å². The minimum atomic E-state index is -0.305. The second-order valence-electron chi connectivity index (χ2n) is 6.07. The number of ether oxygens (including phenoxy) is 4. The molecular weight excluding hydrogens is 334 g/mol. The monoisotopic (exact) mass is 353 g/mol. The first-order valence-corrected chi connectivity index (χ1v) is 8.24. The second kappa shape index (κ2) is 6.29. The zero-order valence-electron chi connectivity index (χ0n) is 14.8. The first-order valence-electron chi connectivity index (χ1n) is 8.24. The van der Waals surface area contributed by atoms with E-state index in [2.05, 4.69) is 5.32 Å². The Morgan fingerprint density at radius 2 is 1.73 bits per heavy atom. The van der Waals surface area contributed by atoms with Crippen LogP contribution in [0.4, 0.5) is 5.69 Å². The predicted molar refractivity (Wildman–Crippen MR) is 96.0 cm³/mol. The molecule has 1 unspecified atom stereocenters. The van der Waals surface area contributed by atoms with Crippen molar-refractivity contribution in [2.45, 2.75) is 5.92 Å². The molecule has 2 aliphatic rings. The lowest BCUT2D eigenvalue weighted by atomic mass is 9.81. The summed E-state index contributed by atoms with van der Waals surface area (Å²) >= 11 is 0. The van der Waals surface area contributed by atoms with Gasteiger partial charge in [0.25, 0.3) is 0 Å². The summed E-state index contributed by atoms with van der Waals surface area (Å²) in [6.07, 6.45) is 0. The van der Waals surface area contributed by atoms with Crippen LogP contribution < -0.4 is 19.5 Å². The van der Waals surface area contributed by atoms with Crippen LogP contribution in [-0.2, 0) is 9.53 Å². The van der Waals surface area contributed by atoms with Crippen LogP contribution in [0, 0.1) is 0 Å². The molecule has 0 bridgehead atoms. The zero-order valence-corrected chi connectivity index (χ0v) is 14.8. The van der Waals surface area contributed by atoms with E-state index >= 15 is 0 Å². The number of nitrogens with one attached hydrogen (secondary N) is 1. The van der Waals surface area contributed by atoms with Crippen LogP contribution in [0.5, 0.6) is 17.2 Å². The van der Waals surface area contributed by atoms with E-state index < -0.39 is 0 Å². The highest BCUT2D eigenvalue weighted by molar-refractivity contribution is 5.97. The van der Waals surface area contributed by atoms with Gasteiger partial charge in [0, 0.05) is 11.6 Å². The quantitative estimate of drug-likeness (QED) is 0.852. The number of rotatable bonds is 4. The van der Waals surface area contributed by atoms with Gasteiger partial charge < -0.3 is 24.3 Å². The Morgan fingerprint density at radius 3 is 2.38 bits per heavy atom. The first-order chi connectivity index (χ1) is 12.7. The minimum absolute atomic E-state index is 0.253. The number of hydrogen-bond acceptors (Lipinski definition) is 6. The van der Waals surface area contributed by atoms with E-state index in [-0.39, 0.29) is 18.5 Å². The van der Waals surface area contributed by atoms with Gasteiger partial charge in [0.15, 0.2) is 11.5 Å². The molecule has 6 heteroatoms. The number of para-hydroxylation sites is 1. The molecule has 0 amide bonds. The molecule has 2 aromatic carbocycles. The largest absolute Gasteiger partial charge is 0.493 e. The fourth-order valence-electron chi connectivity index (χ4n) is 3.61. The summed E-state index contributed by atoms with van der Waals surface area (Å²) in [5.74, 6) is 1.04. The van der Waals surface area contributed by atoms with Crippen molar-refractivity contribution in [2.24, 2.45) is 0 Å². The van der Waals surface area contributed by atoms with Gasteiger partial charge in [-0.15, -0.1) is 0 Å². The molecular formula is C20H19NO5. The van der Waals surface area contributed by atoms with Crippen molar-refractivity contribution in [3.8, 4) is 17.2 Å². The number of cyclic esters (lactones) is 1. The van der Waals surface area contributed by atoms with Gasteiger partial charge in [-0.2, -0.15) is 0 Å². The number of esters is 1. The summed E-state index contributed by atoms with van der Waals surface area (Å²) in [6.45, 7) is 0.253. The third-order valence-electron chi connectivity index (χ3n) is 4.76. The first kappa shape index (κ1) is 16.3. The van der Waals surface area contributed by atoms with Gasteiger partial charge >= 0.3 is 5.97 Å². The third-order valence-corrected chi connectivity index (χ3v) is 4.76. The maximum Gasteiger partial charge on any atom is 0.337 e. The molecule has 2 aromatic rings. The van der Waals surface area contributed by atoms with Crippen LogP contribution in [0.2, 0.25) is 0 Å². The normalized spacial score (nSPS) is 17.8. The lowest BCUT2D eigenvalue weighted by molar-refractivity contribution is -0.136. The number of fused-ring (bicyclic) bond motifs is 1. The van der Waals surface area contributed by atoms with E-state index in [4.69, 9.17) is 18.9 Å². The van der Waals surface area contributed by atoms with Crippen molar-refractivity contribution in [2.75, 3.05) is 33.3 Å². The Kier molecular flexibility index (Phi) is 3.95. The van der Waals surface area contributed by atoms with Gasteiger partial charge in [-0.1, -0.05) is 18.2 Å². The average Bonchev–Trinajstić information content (AvgIpc) is 3.05. The van der Waals surface area contributed by atoms with Gasteiger partial charge in [0.05, 0.1) is 32.6 Å². The van der Waals surface area contributed by atoms with E-state index in [9.17, 15) is 4.79 Å². The van der Waals surface area contributed by atoms with E-state index in [0.717, 1.165) is 22.5 Å². The molecule has 0 spiro atoms. The Hall–Kier alpha value is -3.15. The summed E-state index contributed by atoms with van der Waals surface area (Å²) in [5, 5.41) is 3.32. The summed E-state index contributed by atoms with van der Waals surface area (Å²) in [4.78, 5) is 12.4. The smallest absolute Gasteiger partial charge is 0.337 e. The van der Waals surface area contributed by atoms with Gasteiger partial charge in [-0.25, -0.2) is 4.79 Å². The summed E-state index contributed by atoms with van der Waals surface area (Å²) in [6, 6.07) is 11.7. The number of carbonyl (C=O) groups excluding carboxylic acids is 1. The molecule has 0 aromatic heterocycles. The third kappa shape index (κ3) is 2.37. The van der Waals surface area contributed by atoms with Crippen LogP contribution >= 0.6 is 0 Å². The highest BCUT2D eigenvalue weighted by atomic mass is 16.5. The molecule has 2 aliphatic heterocycles. The highest BCUT2D eigenvalue weighted by Gasteiger charge is 2.38. The fourth-order valence-corrected chi connectivity index (χ4v) is 3.61. The second-order valence-corrected chi connectivity index (χ2v) is 6.07. The van der Waals surface area contributed by atoms with Crippen molar-refractivity contribution in [3.63, 3.8) is 0 Å². The van der Waals surface area contributed by atoms with Crippen LogP contribution in [0.25, 0.3) is 0 Å². The Bertz CT molecular complexity index is 893. The lowest BCUT2D eigenvalue weighted by Gasteiger charge is -2.28. The Balaban J connectivity index is 1.95. The maximum atomic E-state index is 12.4. The predicted octanol–water partition coefficient (Wildman–Crippen LogP) is 3.08. The van der Waals surface area contributed by atoms with E-state index in [1.54, 1.807) is 21.3 Å². The SMILES string of the molecule is COc1cc(C2C3=C(COC3=O)Nc3ccccc32)cc(OC)c1OC. The highest BCUT2D eigenvalue weighted by Crippen LogP contribution is 2.48. The lowest BCUT2D eigenvalue weighted by Crippen LogP contribution is -2.20. The molecule has 0 fully saturated rings. The van der Waals surface area contributed by atoms with Crippen LogP contribution in [0.15, 0.2) is 47.7 Å². The number of hydrogen-bond donors (Lipinski definition) is 1. The van der Waals surface area contributed by atoms with Crippen molar-refractivity contribution < 1.29 is 23.7 Å². The van der Waals surface area contributed by atoms with Crippen molar-refractivity contribution >= 4 is 11.7 Å². The molecule has 0 aliphatic carbocycles. The molecule has 6 nitrogen and oxygen atoms in total. The molecule has 1 N–H and O–H groups in total. The van der Waals surface area contributed by atoms with Crippen LogP contribution in [-0.4, -0.2) is 33.9 Å². The van der Waals surface area contributed by atoms with Crippen LogP contribution in [0.3, 0.4) is 0 Å². The van der Waals surface area contributed by atoms with E-state index in [1.165, 1.54) is 0 Å². The summed E-state index contributed by atoms with van der Waals surface area (Å²) in [5.41, 5.74) is 4.26. The topological polar surface area (TPSA) is 66.0 Å². The number of carbonyl (C=O) groups is 1. The number of benzene rings is 2. The number of methoxy groups -OCH3 is 3. The van der Waals surface area contributed by atoms with Gasteiger partial charge in [0.2, 0.25) is 5.75 Å².